The highest BCUT2D eigenvalue weighted by Crippen LogP contribution is 2.17. The van der Waals surface area contributed by atoms with Crippen LogP contribution in [0.15, 0.2) is 36.7 Å². The first-order chi connectivity index (χ1) is 10.1. The van der Waals surface area contributed by atoms with Crippen LogP contribution in [-0.4, -0.2) is 28.6 Å². The summed E-state index contributed by atoms with van der Waals surface area (Å²) in [4.78, 5) is 23.1. The maximum Gasteiger partial charge on any atom is 0.258 e. The summed E-state index contributed by atoms with van der Waals surface area (Å²) in [5, 5.41) is 9.26. The summed E-state index contributed by atoms with van der Waals surface area (Å²) in [6.45, 7) is 1.63. The van der Waals surface area contributed by atoms with Gasteiger partial charge in [0.25, 0.3) is 11.8 Å². The maximum absolute atomic E-state index is 11.8. The van der Waals surface area contributed by atoms with E-state index < -0.39 is 5.91 Å². The quantitative estimate of drug-likeness (QED) is 0.729. The Morgan fingerprint density at radius 2 is 2.19 bits per heavy atom. The minimum Gasteiger partial charge on any atom is -0.483 e. The molecule has 0 radical (unpaired) electrons. The molecule has 1 aromatic carbocycles. The molecule has 0 saturated heterocycles. The van der Waals surface area contributed by atoms with Crippen LogP contribution < -0.4 is 15.8 Å². The van der Waals surface area contributed by atoms with Crippen molar-refractivity contribution in [1.82, 2.24) is 15.5 Å². The molecule has 1 aromatic heterocycles. The molecule has 0 bridgehead atoms. The Bertz CT molecular complexity index is 625. The molecule has 0 aliphatic heterocycles. The molecule has 4 N–H and O–H groups in total. The number of ether oxygens (including phenoxy) is 1. The number of carbonyl (C=O) groups is 2. The summed E-state index contributed by atoms with van der Waals surface area (Å²) in [5.41, 5.74) is 6.34. The third kappa shape index (κ3) is 3.82. The van der Waals surface area contributed by atoms with Gasteiger partial charge in [-0.2, -0.15) is 5.10 Å². The largest absolute Gasteiger partial charge is 0.483 e. The zero-order chi connectivity index (χ0) is 15.2. The van der Waals surface area contributed by atoms with Gasteiger partial charge in [0.2, 0.25) is 0 Å². The van der Waals surface area contributed by atoms with E-state index in [1.54, 1.807) is 36.7 Å². The summed E-state index contributed by atoms with van der Waals surface area (Å²) >= 11 is 0. The summed E-state index contributed by atoms with van der Waals surface area (Å²) in [5.74, 6) is -0.614. The zero-order valence-electron chi connectivity index (χ0n) is 11.5. The molecule has 2 rings (SSSR count). The molecule has 0 fully saturated rings. The summed E-state index contributed by atoms with van der Waals surface area (Å²) < 4.78 is 5.34. The Hall–Kier alpha value is -2.83. The van der Waals surface area contributed by atoms with Gasteiger partial charge < -0.3 is 15.8 Å². The molecule has 1 heterocycles. The van der Waals surface area contributed by atoms with Crippen LogP contribution in [0.5, 0.6) is 5.75 Å². The first kappa shape index (κ1) is 14.6. The van der Waals surface area contributed by atoms with Crippen molar-refractivity contribution >= 4 is 11.8 Å². The second kappa shape index (κ2) is 6.56. The lowest BCUT2D eigenvalue weighted by atomic mass is 10.2. The van der Waals surface area contributed by atoms with Gasteiger partial charge in [0.15, 0.2) is 6.61 Å². The van der Waals surface area contributed by atoms with Crippen molar-refractivity contribution in [2.24, 2.45) is 5.73 Å². The normalized spacial score (nSPS) is 11.7. The fourth-order valence-corrected chi connectivity index (χ4v) is 1.80. The van der Waals surface area contributed by atoms with E-state index in [1.807, 2.05) is 6.92 Å². The first-order valence-corrected chi connectivity index (χ1v) is 6.37. The number of benzene rings is 1. The maximum atomic E-state index is 11.8. The fourth-order valence-electron chi connectivity index (χ4n) is 1.80. The summed E-state index contributed by atoms with van der Waals surface area (Å²) in [7, 11) is 0. The van der Waals surface area contributed by atoms with Gasteiger partial charge in [-0.3, -0.25) is 14.7 Å². The molecule has 7 nitrogen and oxygen atoms in total. The molecule has 21 heavy (non-hydrogen) atoms. The third-order valence-corrected chi connectivity index (χ3v) is 2.91. The highest BCUT2D eigenvalue weighted by molar-refractivity contribution is 5.95. The number of hydrogen-bond donors (Lipinski definition) is 3. The minimum atomic E-state index is -0.599. The predicted molar refractivity (Wildman–Crippen MR) is 75.6 cm³/mol. The van der Waals surface area contributed by atoms with Crippen LogP contribution in [0, 0.1) is 0 Å². The van der Waals surface area contributed by atoms with Crippen molar-refractivity contribution in [1.29, 1.82) is 0 Å². The van der Waals surface area contributed by atoms with Crippen molar-refractivity contribution in [2.75, 3.05) is 6.61 Å². The van der Waals surface area contributed by atoms with Gasteiger partial charge in [0, 0.05) is 11.8 Å². The van der Waals surface area contributed by atoms with Gasteiger partial charge in [0.1, 0.15) is 5.75 Å². The second-order valence-electron chi connectivity index (χ2n) is 4.47. The SMILES string of the molecule is CC(NC(=O)COc1ccccc1C(N)=O)c1cn[nH]c1. The number of nitrogens with one attached hydrogen (secondary N) is 2. The lowest BCUT2D eigenvalue weighted by Crippen LogP contribution is -2.31. The number of aromatic amines is 1. The Morgan fingerprint density at radius 1 is 1.43 bits per heavy atom. The molecule has 1 atom stereocenters. The Kier molecular flexibility index (Phi) is 4.55. The van der Waals surface area contributed by atoms with Crippen molar-refractivity contribution in [3.8, 4) is 5.75 Å². The van der Waals surface area contributed by atoms with Crippen LogP contribution in [0.3, 0.4) is 0 Å². The molecule has 0 aliphatic rings. The van der Waals surface area contributed by atoms with Gasteiger partial charge in [0.05, 0.1) is 17.8 Å². The van der Waals surface area contributed by atoms with Gasteiger partial charge in [-0.25, -0.2) is 0 Å². The molecule has 0 saturated carbocycles. The van der Waals surface area contributed by atoms with E-state index in [2.05, 4.69) is 15.5 Å². The number of aromatic nitrogens is 2. The van der Waals surface area contributed by atoms with Gasteiger partial charge in [-0.1, -0.05) is 12.1 Å². The molecular formula is C14H16N4O3. The molecule has 1 unspecified atom stereocenters. The average molecular weight is 288 g/mol. The lowest BCUT2D eigenvalue weighted by Gasteiger charge is -2.13. The number of nitrogens with two attached hydrogens (primary N) is 1. The number of H-pyrrole nitrogens is 1. The van der Waals surface area contributed by atoms with Crippen molar-refractivity contribution in [2.45, 2.75) is 13.0 Å². The second-order valence-corrected chi connectivity index (χ2v) is 4.47. The van der Waals surface area contributed by atoms with Crippen LogP contribution in [0.1, 0.15) is 28.9 Å². The van der Waals surface area contributed by atoms with E-state index in [0.29, 0.717) is 0 Å². The Balaban J connectivity index is 1.91. The van der Waals surface area contributed by atoms with Crippen molar-refractivity contribution in [3.63, 3.8) is 0 Å². The highest BCUT2D eigenvalue weighted by atomic mass is 16.5. The third-order valence-electron chi connectivity index (χ3n) is 2.91. The number of rotatable bonds is 6. The monoisotopic (exact) mass is 288 g/mol. The standard InChI is InChI=1S/C14H16N4O3/c1-9(10-6-16-17-7-10)18-13(19)8-21-12-5-3-2-4-11(12)14(15)20/h2-7,9H,8H2,1H3,(H2,15,20)(H,16,17)(H,18,19). The van der Waals surface area contributed by atoms with Crippen molar-refractivity contribution in [3.05, 3.63) is 47.8 Å². The van der Waals surface area contributed by atoms with E-state index in [1.165, 1.54) is 0 Å². The smallest absolute Gasteiger partial charge is 0.258 e. The van der Waals surface area contributed by atoms with Crippen LogP contribution in [0.2, 0.25) is 0 Å². The molecular weight excluding hydrogens is 272 g/mol. The molecule has 0 spiro atoms. The summed E-state index contributed by atoms with van der Waals surface area (Å²) in [6, 6.07) is 6.32. The first-order valence-electron chi connectivity index (χ1n) is 6.37. The van der Waals surface area contributed by atoms with E-state index in [9.17, 15) is 9.59 Å². The Morgan fingerprint density at radius 3 is 2.86 bits per heavy atom. The Labute approximate surface area is 121 Å². The van der Waals surface area contributed by atoms with Gasteiger partial charge in [-0.05, 0) is 19.1 Å². The van der Waals surface area contributed by atoms with Crippen LogP contribution in [0.25, 0.3) is 0 Å². The summed E-state index contributed by atoms with van der Waals surface area (Å²) in [6.07, 6.45) is 3.34. The number of amides is 2. The van der Waals surface area contributed by atoms with Crippen LogP contribution in [0.4, 0.5) is 0 Å². The molecule has 2 amide bonds. The highest BCUT2D eigenvalue weighted by Gasteiger charge is 2.13. The minimum absolute atomic E-state index is 0.189. The number of para-hydroxylation sites is 1. The predicted octanol–water partition coefficient (Wildman–Crippen LogP) is 0.765. The van der Waals surface area contributed by atoms with Gasteiger partial charge >= 0.3 is 0 Å². The average Bonchev–Trinajstić information content (AvgIpc) is 2.99. The van der Waals surface area contributed by atoms with Gasteiger partial charge in [-0.15, -0.1) is 0 Å². The van der Waals surface area contributed by atoms with E-state index >= 15 is 0 Å². The van der Waals surface area contributed by atoms with E-state index in [4.69, 9.17) is 10.5 Å². The number of nitrogens with zero attached hydrogens (tertiary/aromatic N) is 1. The molecule has 110 valence electrons. The topological polar surface area (TPSA) is 110 Å². The zero-order valence-corrected chi connectivity index (χ0v) is 11.5. The van der Waals surface area contributed by atoms with Crippen LogP contribution >= 0.6 is 0 Å². The lowest BCUT2D eigenvalue weighted by molar-refractivity contribution is -0.123. The number of primary amides is 1. The molecule has 7 heteroatoms. The number of carbonyl (C=O) groups excluding carboxylic acids is 2. The van der Waals surface area contributed by atoms with E-state index in [0.717, 1.165) is 5.56 Å². The van der Waals surface area contributed by atoms with Crippen molar-refractivity contribution < 1.29 is 14.3 Å². The van der Waals surface area contributed by atoms with Crippen LogP contribution in [-0.2, 0) is 4.79 Å². The molecule has 2 aromatic rings. The molecule has 0 aliphatic carbocycles. The fraction of sp³-hybridized carbons (Fsp3) is 0.214. The van der Waals surface area contributed by atoms with E-state index in [-0.39, 0.29) is 29.9 Å². The number of hydrogen-bond acceptors (Lipinski definition) is 4.